The first kappa shape index (κ1) is 13.4. The van der Waals surface area contributed by atoms with Crippen LogP contribution < -0.4 is 10.5 Å². The van der Waals surface area contributed by atoms with Gasteiger partial charge in [0, 0.05) is 23.2 Å². The number of hydrogen-bond donors (Lipinski definition) is 1. The number of ether oxygens (including phenoxy) is 1. The van der Waals surface area contributed by atoms with Crippen molar-refractivity contribution in [1.82, 2.24) is 4.98 Å². The third kappa shape index (κ3) is 2.68. The van der Waals surface area contributed by atoms with Gasteiger partial charge in [-0.2, -0.15) is 0 Å². The maximum atomic E-state index is 6.21. The zero-order chi connectivity index (χ0) is 14.8. The first-order valence-corrected chi connectivity index (χ1v) is 7.05. The molecule has 1 aromatic heterocycles. The molecule has 3 rings (SSSR count). The third-order valence-electron chi connectivity index (χ3n) is 3.57. The van der Waals surface area contributed by atoms with E-state index in [1.165, 1.54) is 5.56 Å². The van der Waals surface area contributed by atoms with Crippen LogP contribution in [0.2, 0.25) is 0 Å². The minimum atomic E-state index is 0.466. The molecular formula is C18H18N2O. The Balaban J connectivity index is 1.98. The van der Waals surface area contributed by atoms with Crippen molar-refractivity contribution in [2.75, 3.05) is 5.73 Å². The lowest BCUT2D eigenvalue weighted by Crippen LogP contribution is -1.95. The molecule has 0 spiro atoms. The Bertz CT molecular complexity index is 781. The highest BCUT2D eigenvalue weighted by Crippen LogP contribution is 2.34. The van der Waals surface area contributed by atoms with Crippen molar-refractivity contribution in [2.45, 2.75) is 19.8 Å². The van der Waals surface area contributed by atoms with Crippen LogP contribution in [-0.4, -0.2) is 4.98 Å². The molecule has 0 atom stereocenters. The molecule has 3 heteroatoms. The van der Waals surface area contributed by atoms with Gasteiger partial charge in [0.1, 0.15) is 5.75 Å². The number of pyridine rings is 1. The van der Waals surface area contributed by atoms with Gasteiger partial charge in [-0.25, -0.2) is 0 Å². The Hall–Kier alpha value is -2.55. The lowest BCUT2D eigenvalue weighted by atomic mass is 10.0. The quantitative estimate of drug-likeness (QED) is 0.704. The lowest BCUT2D eigenvalue weighted by Gasteiger charge is -2.12. The second kappa shape index (κ2) is 5.44. The van der Waals surface area contributed by atoms with Gasteiger partial charge in [-0.1, -0.05) is 26.0 Å². The van der Waals surface area contributed by atoms with Gasteiger partial charge >= 0.3 is 0 Å². The summed E-state index contributed by atoms with van der Waals surface area (Å²) in [5.74, 6) is 1.95. The summed E-state index contributed by atoms with van der Waals surface area (Å²) < 4.78 is 5.96. The number of benzene rings is 2. The molecule has 0 aliphatic carbocycles. The summed E-state index contributed by atoms with van der Waals surface area (Å²) in [7, 11) is 0. The summed E-state index contributed by atoms with van der Waals surface area (Å²) in [6.45, 7) is 4.33. The van der Waals surface area contributed by atoms with Crippen LogP contribution in [0.4, 0.5) is 5.69 Å². The Morgan fingerprint density at radius 2 is 1.95 bits per heavy atom. The zero-order valence-electron chi connectivity index (χ0n) is 12.2. The highest BCUT2D eigenvalue weighted by Gasteiger charge is 2.08. The molecule has 0 unspecified atom stereocenters. The van der Waals surface area contributed by atoms with Gasteiger partial charge in [-0.05, 0) is 41.8 Å². The molecule has 0 bridgehead atoms. The molecule has 2 aromatic carbocycles. The predicted molar refractivity (Wildman–Crippen MR) is 86.8 cm³/mol. The fourth-order valence-electron chi connectivity index (χ4n) is 2.33. The smallest absolute Gasteiger partial charge is 0.150 e. The largest absolute Gasteiger partial charge is 0.455 e. The number of nitrogen functional groups attached to an aromatic ring is 1. The molecule has 0 fully saturated rings. The fourth-order valence-corrected chi connectivity index (χ4v) is 2.33. The van der Waals surface area contributed by atoms with Crippen LogP contribution in [0.1, 0.15) is 25.3 Å². The molecule has 3 nitrogen and oxygen atoms in total. The second-order valence-corrected chi connectivity index (χ2v) is 5.40. The van der Waals surface area contributed by atoms with Crippen molar-refractivity contribution < 1.29 is 4.74 Å². The highest BCUT2D eigenvalue weighted by atomic mass is 16.5. The molecule has 106 valence electrons. The Labute approximate surface area is 124 Å². The summed E-state index contributed by atoms with van der Waals surface area (Å²) in [5.41, 5.74) is 8.10. The molecule has 3 aromatic rings. The van der Waals surface area contributed by atoms with Crippen LogP contribution in [0.3, 0.4) is 0 Å². The predicted octanol–water partition coefficient (Wildman–Crippen LogP) is 4.73. The van der Waals surface area contributed by atoms with E-state index in [2.05, 4.69) is 31.0 Å². The van der Waals surface area contributed by atoms with E-state index >= 15 is 0 Å². The van der Waals surface area contributed by atoms with Crippen molar-refractivity contribution in [3.8, 4) is 11.5 Å². The van der Waals surface area contributed by atoms with Gasteiger partial charge in [0.05, 0.1) is 5.69 Å². The fraction of sp³-hybridized carbons (Fsp3) is 0.167. The molecule has 21 heavy (non-hydrogen) atoms. The van der Waals surface area contributed by atoms with E-state index in [9.17, 15) is 0 Å². The van der Waals surface area contributed by atoms with E-state index in [0.29, 0.717) is 17.4 Å². The van der Waals surface area contributed by atoms with Crippen LogP contribution in [0.15, 0.2) is 54.9 Å². The molecule has 0 aliphatic rings. The summed E-state index contributed by atoms with van der Waals surface area (Å²) in [6.07, 6.45) is 3.54. The SMILES string of the molecule is CC(C)c1cccc(Oc2ccc3cnccc3c2N)c1. The summed E-state index contributed by atoms with van der Waals surface area (Å²) in [4.78, 5) is 4.10. The molecule has 0 saturated heterocycles. The molecule has 0 aliphatic heterocycles. The average molecular weight is 278 g/mol. The zero-order valence-corrected chi connectivity index (χ0v) is 12.2. The van der Waals surface area contributed by atoms with Crippen molar-refractivity contribution in [1.29, 1.82) is 0 Å². The number of nitrogens with two attached hydrogens (primary N) is 1. The second-order valence-electron chi connectivity index (χ2n) is 5.40. The number of aromatic nitrogens is 1. The highest BCUT2D eigenvalue weighted by molar-refractivity contribution is 5.95. The molecule has 0 amide bonds. The monoisotopic (exact) mass is 278 g/mol. The molecule has 0 saturated carbocycles. The maximum Gasteiger partial charge on any atom is 0.150 e. The third-order valence-corrected chi connectivity index (χ3v) is 3.57. The number of fused-ring (bicyclic) bond motifs is 1. The van der Waals surface area contributed by atoms with Crippen molar-refractivity contribution in [2.24, 2.45) is 0 Å². The normalized spacial score (nSPS) is 11.0. The summed E-state index contributed by atoms with van der Waals surface area (Å²) in [5, 5.41) is 1.97. The molecule has 1 heterocycles. The number of rotatable bonds is 3. The molecule has 2 N–H and O–H groups in total. The van der Waals surface area contributed by atoms with E-state index in [4.69, 9.17) is 10.5 Å². The van der Waals surface area contributed by atoms with Crippen molar-refractivity contribution in [3.63, 3.8) is 0 Å². The molecular weight excluding hydrogens is 260 g/mol. The van der Waals surface area contributed by atoms with E-state index < -0.39 is 0 Å². The summed E-state index contributed by atoms with van der Waals surface area (Å²) in [6, 6.07) is 13.9. The topological polar surface area (TPSA) is 48.1 Å². The number of nitrogens with zero attached hydrogens (tertiary/aromatic N) is 1. The first-order chi connectivity index (χ1) is 10.1. The van der Waals surface area contributed by atoms with Gasteiger partial charge < -0.3 is 10.5 Å². The van der Waals surface area contributed by atoms with E-state index in [1.807, 2.05) is 30.3 Å². The van der Waals surface area contributed by atoms with Crippen molar-refractivity contribution in [3.05, 3.63) is 60.4 Å². The van der Waals surface area contributed by atoms with Crippen LogP contribution in [0, 0.1) is 0 Å². The van der Waals surface area contributed by atoms with E-state index in [1.54, 1.807) is 12.4 Å². The minimum Gasteiger partial charge on any atom is -0.455 e. The molecule has 0 radical (unpaired) electrons. The Kier molecular flexibility index (Phi) is 3.48. The Morgan fingerprint density at radius 3 is 2.76 bits per heavy atom. The average Bonchev–Trinajstić information content (AvgIpc) is 2.51. The van der Waals surface area contributed by atoms with Crippen molar-refractivity contribution >= 4 is 16.5 Å². The van der Waals surface area contributed by atoms with E-state index in [0.717, 1.165) is 16.5 Å². The van der Waals surface area contributed by atoms with Gasteiger partial charge in [0.15, 0.2) is 5.75 Å². The van der Waals surface area contributed by atoms with E-state index in [-0.39, 0.29) is 0 Å². The Morgan fingerprint density at radius 1 is 1.10 bits per heavy atom. The minimum absolute atomic E-state index is 0.466. The first-order valence-electron chi connectivity index (χ1n) is 7.05. The van der Waals surface area contributed by atoms with Gasteiger partial charge in [0.25, 0.3) is 0 Å². The number of hydrogen-bond acceptors (Lipinski definition) is 3. The van der Waals surface area contributed by atoms with Crippen LogP contribution in [0.25, 0.3) is 10.8 Å². The maximum absolute atomic E-state index is 6.21. The van der Waals surface area contributed by atoms with Gasteiger partial charge in [-0.3, -0.25) is 4.98 Å². The van der Waals surface area contributed by atoms with Gasteiger partial charge in [-0.15, -0.1) is 0 Å². The summed E-state index contributed by atoms with van der Waals surface area (Å²) >= 11 is 0. The number of anilines is 1. The van der Waals surface area contributed by atoms with Crippen LogP contribution in [-0.2, 0) is 0 Å². The standard InChI is InChI=1S/C18H18N2O/c1-12(2)13-4-3-5-15(10-13)21-17-7-6-14-11-20-9-8-16(14)18(17)19/h3-12H,19H2,1-2H3. The van der Waals surface area contributed by atoms with Crippen LogP contribution >= 0.6 is 0 Å². The van der Waals surface area contributed by atoms with Crippen LogP contribution in [0.5, 0.6) is 11.5 Å². The lowest BCUT2D eigenvalue weighted by molar-refractivity contribution is 0.484. The van der Waals surface area contributed by atoms with Gasteiger partial charge in [0.2, 0.25) is 0 Å².